The quantitative estimate of drug-likeness (QED) is 0.514. The second-order valence-electron chi connectivity index (χ2n) is 6.16. The van der Waals surface area contributed by atoms with Crippen LogP contribution in [0.15, 0.2) is 42.5 Å². The van der Waals surface area contributed by atoms with Gasteiger partial charge >= 0.3 is 5.97 Å². The first kappa shape index (κ1) is 17.7. The molecule has 0 aromatic heterocycles. The molecule has 1 aliphatic carbocycles. The molecule has 0 amide bonds. The van der Waals surface area contributed by atoms with Gasteiger partial charge in [0.25, 0.3) is 0 Å². The maximum Gasteiger partial charge on any atom is 0.309 e. The van der Waals surface area contributed by atoms with Gasteiger partial charge in [0.15, 0.2) is 0 Å². The number of allylic oxidation sites excluding steroid dienone is 2. The summed E-state index contributed by atoms with van der Waals surface area (Å²) < 4.78 is 5.61. The summed E-state index contributed by atoms with van der Waals surface area (Å²) in [5.74, 6) is 0.210. The molecule has 1 aromatic rings. The van der Waals surface area contributed by atoms with Gasteiger partial charge in [-0.3, -0.25) is 4.79 Å². The van der Waals surface area contributed by atoms with E-state index in [1.807, 2.05) is 18.2 Å². The highest BCUT2D eigenvalue weighted by Gasteiger charge is 2.29. The van der Waals surface area contributed by atoms with E-state index >= 15 is 0 Å². The highest BCUT2D eigenvalue weighted by atomic mass is 16.5. The number of esters is 1. The van der Waals surface area contributed by atoms with E-state index in [4.69, 9.17) is 4.74 Å². The number of nitrogens with zero attached hydrogens (tertiary/aromatic N) is 1. The van der Waals surface area contributed by atoms with Crippen LogP contribution in [0, 0.1) is 11.8 Å². The standard InChI is InChI=1S/C20H29NO2/c1-3-21(4-2)14-15-23-20(22)19(18-12-8-9-13-18)16-17-10-6-5-7-11-17/h5-8,10-12,18-19H,3-4,9,13-16H2,1-2H3. The van der Waals surface area contributed by atoms with E-state index < -0.39 is 0 Å². The first-order chi connectivity index (χ1) is 11.2. The monoisotopic (exact) mass is 315 g/mol. The molecule has 0 bridgehead atoms. The van der Waals surface area contributed by atoms with Crippen LogP contribution in [-0.2, 0) is 16.0 Å². The van der Waals surface area contributed by atoms with E-state index in [-0.39, 0.29) is 11.9 Å². The summed E-state index contributed by atoms with van der Waals surface area (Å²) in [6.45, 7) is 7.55. The molecule has 0 heterocycles. The lowest BCUT2D eigenvalue weighted by Crippen LogP contribution is -2.31. The Kier molecular flexibility index (Phi) is 7.34. The normalized spacial score (nSPS) is 18.3. The van der Waals surface area contributed by atoms with E-state index in [1.165, 1.54) is 5.56 Å². The summed E-state index contributed by atoms with van der Waals surface area (Å²) >= 11 is 0. The van der Waals surface area contributed by atoms with E-state index in [1.54, 1.807) is 0 Å². The number of carbonyl (C=O) groups excluding carboxylic acids is 1. The molecule has 3 nitrogen and oxygen atoms in total. The molecule has 0 fully saturated rings. The Balaban J connectivity index is 1.93. The zero-order valence-electron chi connectivity index (χ0n) is 14.4. The lowest BCUT2D eigenvalue weighted by molar-refractivity contribution is -0.150. The first-order valence-electron chi connectivity index (χ1n) is 8.84. The van der Waals surface area contributed by atoms with Crippen molar-refractivity contribution >= 4 is 5.97 Å². The molecule has 0 radical (unpaired) electrons. The first-order valence-corrected chi connectivity index (χ1v) is 8.84. The van der Waals surface area contributed by atoms with Crippen LogP contribution in [0.1, 0.15) is 32.3 Å². The van der Waals surface area contributed by atoms with Crippen molar-refractivity contribution in [2.24, 2.45) is 11.8 Å². The minimum absolute atomic E-state index is 0.0439. The van der Waals surface area contributed by atoms with Crippen LogP contribution in [0.25, 0.3) is 0 Å². The summed E-state index contributed by atoms with van der Waals surface area (Å²) in [4.78, 5) is 14.9. The van der Waals surface area contributed by atoms with Crippen molar-refractivity contribution < 1.29 is 9.53 Å². The molecule has 1 aromatic carbocycles. The molecule has 3 heteroatoms. The Morgan fingerprint density at radius 2 is 2.00 bits per heavy atom. The molecule has 0 saturated carbocycles. The number of hydrogen-bond donors (Lipinski definition) is 0. The summed E-state index contributed by atoms with van der Waals surface area (Å²) in [5.41, 5.74) is 1.21. The summed E-state index contributed by atoms with van der Waals surface area (Å²) in [6.07, 6.45) is 7.27. The Labute approximate surface area is 140 Å². The van der Waals surface area contributed by atoms with Gasteiger partial charge in [-0.2, -0.15) is 0 Å². The molecular formula is C20H29NO2. The molecule has 0 saturated heterocycles. The number of ether oxygens (including phenoxy) is 1. The Bertz CT molecular complexity index is 494. The second kappa shape index (κ2) is 9.51. The SMILES string of the molecule is CCN(CC)CCOC(=O)C(Cc1ccccc1)C1C=CCC1. The van der Waals surface area contributed by atoms with Gasteiger partial charge < -0.3 is 9.64 Å². The third-order valence-corrected chi connectivity index (χ3v) is 4.71. The Morgan fingerprint density at radius 3 is 2.61 bits per heavy atom. The van der Waals surface area contributed by atoms with Gasteiger partial charge in [-0.15, -0.1) is 0 Å². The minimum Gasteiger partial charge on any atom is -0.464 e. The van der Waals surface area contributed by atoms with Crippen LogP contribution >= 0.6 is 0 Å². The molecule has 2 rings (SSSR count). The van der Waals surface area contributed by atoms with Gasteiger partial charge in [0, 0.05) is 6.54 Å². The molecule has 0 N–H and O–H groups in total. The Hall–Kier alpha value is -1.61. The average molecular weight is 315 g/mol. The lowest BCUT2D eigenvalue weighted by Gasteiger charge is -2.23. The summed E-state index contributed by atoms with van der Waals surface area (Å²) in [7, 11) is 0. The number of carbonyl (C=O) groups is 1. The lowest BCUT2D eigenvalue weighted by atomic mass is 9.86. The fourth-order valence-electron chi connectivity index (χ4n) is 3.19. The van der Waals surface area contributed by atoms with Crippen molar-refractivity contribution in [1.29, 1.82) is 0 Å². The van der Waals surface area contributed by atoms with E-state index in [0.717, 1.165) is 38.9 Å². The molecule has 0 aliphatic heterocycles. The molecule has 0 spiro atoms. The van der Waals surface area contributed by atoms with Gasteiger partial charge in [-0.1, -0.05) is 56.3 Å². The number of rotatable bonds is 9. The molecule has 2 unspecified atom stereocenters. The van der Waals surface area contributed by atoms with Crippen molar-refractivity contribution in [2.75, 3.05) is 26.2 Å². The van der Waals surface area contributed by atoms with Crippen molar-refractivity contribution in [3.05, 3.63) is 48.0 Å². The highest BCUT2D eigenvalue weighted by molar-refractivity contribution is 5.73. The van der Waals surface area contributed by atoms with Crippen LogP contribution in [-0.4, -0.2) is 37.1 Å². The zero-order valence-corrected chi connectivity index (χ0v) is 14.4. The van der Waals surface area contributed by atoms with Crippen LogP contribution in [0.5, 0.6) is 0 Å². The fraction of sp³-hybridized carbons (Fsp3) is 0.550. The van der Waals surface area contributed by atoms with Crippen molar-refractivity contribution in [1.82, 2.24) is 4.90 Å². The average Bonchev–Trinajstić information content (AvgIpc) is 3.11. The molecular weight excluding hydrogens is 286 g/mol. The fourth-order valence-corrected chi connectivity index (χ4v) is 3.19. The predicted octanol–water partition coefficient (Wildman–Crippen LogP) is 3.70. The van der Waals surface area contributed by atoms with Gasteiger partial charge in [-0.25, -0.2) is 0 Å². The van der Waals surface area contributed by atoms with Crippen molar-refractivity contribution in [2.45, 2.75) is 33.1 Å². The zero-order chi connectivity index (χ0) is 16.5. The maximum atomic E-state index is 12.6. The van der Waals surface area contributed by atoms with Crippen molar-refractivity contribution in [3.63, 3.8) is 0 Å². The largest absolute Gasteiger partial charge is 0.464 e. The molecule has 1 aliphatic rings. The number of benzene rings is 1. The molecule has 23 heavy (non-hydrogen) atoms. The number of likely N-dealkylation sites (N-methyl/N-ethyl adjacent to an activating group) is 1. The second-order valence-corrected chi connectivity index (χ2v) is 6.16. The predicted molar refractivity (Wildman–Crippen MR) is 94.2 cm³/mol. The highest BCUT2D eigenvalue weighted by Crippen LogP contribution is 2.29. The topological polar surface area (TPSA) is 29.5 Å². The van der Waals surface area contributed by atoms with Crippen LogP contribution < -0.4 is 0 Å². The third-order valence-electron chi connectivity index (χ3n) is 4.71. The van der Waals surface area contributed by atoms with Gasteiger partial charge in [-0.05, 0) is 43.8 Å². The van der Waals surface area contributed by atoms with E-state index in [2.05, 4.69) is 43.0 Å². The van der Waals surface area contributed by atoms with Gasteiger partial charge in [0.05, 0.1) is 5.92 Å². The molecule has 2 atom stereocenters. The maximum absolute atomic E-state index is 12.6. The van der Waals surface area contributed by atoms with Crippen LogP contribution in [0.3, 0.4) is 0 Å². The third kappa shape index (κ3) is 5.51. The Morgan fingerprint density at radius 1 is 1.26 bits per heavy atom. The summed E-state index contributed by atoms with van der Waals surface area (Å²) in [6, 6.07) is 10.3. The van der Waals surface area contributed by atoms with Crippen LogP contribution in [0.2, 0.25) is 0 Å². The van der Waals surface area contributed by atoms with E-state index in [9.17, 15) is 4.79 Å². The van der Waals surface area contributed by atoms with Crippen LogP contribution in [0.4, 0.5) is 0 Å². The van der Waals surface area contributed by atoms with Gasteiger partial charge in [0.2, 0.25) is 0 Å². The van der Waals surface area contributed by atoms with E-state index in [0.29, 0.717) is 12.5 Å². The van der Waals surface area contributed by atoms with Crippen molar-refractivity contribution in [3.8, 4) is 0 Å². The number of hydrogen-bond acceptors (Lipinski definition) is 3. The van der Waals surface area contributed by atoms with Gasteiger partial charge in [0.1, 0.15) is 6.61 Å². The molecule has 126 valence electrons. The smallest absolute Gasteiger partial charge is 0.309 e. The minimum atomic E-state index is -0.0622. The summed E-state index contributed by atoms with van der Waals surface area (Å²) in [5, 5.41) is 0.